The predicted octanol–water partition coefficient (Wildman–Crippen LogP) is 4.48. The number of hydrogen-bond donors (Lipinski definition) is 1. The average Bonchev–Trinajstić information content (AvgIpc) is 2.75. The summed E-state index contributed by atoms with van der Waals surface area (Å²) in [7, 11) is 0. The van der Waals surface area contributed by atoms with Crippen LogP contribution in [0.25, 0.3) is 10.2 Å². The Hall–Kier alpha value is -0.840. The highest BCUT2D eigenvalue weighted by atomic mass is 35.5. The average molecular weight is 312 g/mol. The van der Waals surface area contributed by atoms with Crippen molar-refractivity contribution < 1.29 is 0 Å². The number of nitrogens with zero attached hydrogens (tertiary/aromatic N) is 2. The maximum absolute atomic E-state index is 5.98. The van der Waals surface area contributed by atoms with Crippen LogP contribution in [0.5, 0.6) is 0 Å². The Morgan fingerprint density at radius 3 is 2.60 bits per heavy atom. The van der Waals surface area contributed by atoms with Crippen molar-refractivity contribution in [3.05, 3.63) is 23.2 Å². The van der Waals surface area contributed by atoms with Crippen LogP contribution in [0.2, 0.25) is 5.02 Å². The van der Waals surface area contributed by atoms with Gasteiger partial charge in [-0.3, -0.25) is 4.90 Å². The monoisotopic (exact) mass is 311 g/mol. The largest absolute Gasteiger partial charge is 0.360 e. The van der Waals surface area contributed by atoms with E-state index in [0.717, 1.165) is 28.8 Å². The third kappa shape index (κ3) is 3.84. The van der Waals surface area contributed by atoms with Gasteiger partial charge in [-0.2, -0.15) is 0 Å². The molecule has 1 aromatic carbocycles. The van der Waals surface area contributed by atoms with E-state index in [1.165, 1.54) is 4.70 Å². The molecule has 2 rings (SSSR count). The van der Waals surface area contributed by atoms with Gasteiger partial charge in [0, 0.05) is 30.2 Å². The van der Waals surface area contributed by atoms with Crippen molar-refractivity contribution >= 4 is 38.3 Å². The number of halogens is 1. The van der Waals surface area contributed by atoms with Crippen molar-refractivity contribution in [1.82, 2.24) is 9.88 Å². The molecule has 0 aliphatic rings. The summed E-state index contributed by atoms with van der Waals surface area (Å²) in [6, 6.07) is 6.96. The Balaban J connectivity index is 1.95. The Labute approximate surface area is 130 Å². The number of rotatable bonds is 6. The van der Waals surface area contributed by atoms with Crippen LogP contribution in [0.4, 0.5) is 5.13 Å². The number of benzene rings is 1. The molecule has 0 saturated heterocycles. The van der Waals surface area contributed by atoms with E-state index < -0.39 is 0 Å². The van der Waals surface area contributed by atoms with Crippen LogP contribution in [-0.2, 0) is 0 Å². The molecule has 1 heterocycles. The topological polar surface area (TPSA) is 28.2 Å². The zero-order chi connectivity index (χ0) is 14.7. The molecular formula is C15H22ClN3S. The number of aromatic nitrogens is 1. The molecule has 2 aromatic rings. The standard InChI is InChI=1S/C15H22ClN3S/c1-10(2)19(11(3)4)8-7-17-15-18-13-9-12(16)5-6-14(13)20-15/h5-6,9-11H,7-8H2,1-4H3,(H,17,18). The van der Waals surface area contributed by atoms with E-state index in [1.54, 1.807) is 11.3 Å². The minimum atomic E-state index is 0.561. The van der Waals surface area contributed by atoms with Crippen molar-refractivity contribution in [3.63, 3.8) is 0 Å². The first kappa shape index (κ1) is 15.5. The van der Waals surface area contributed by atoms with E-state index in [9.17, 15) is 0 Å². The number of thiazole rings is 1. The predicted molar refractivity (Wildman–Crippen MR) is 90.1 cm³/mol. The highest BCUT2D eigenvalue weighted by Crippen LogP contribution is 2.27. The van der Waals surface area contributed by atoms with Gasteiger partial charge in [0.15, 0.2) is 5.13 Å². The maximum atomic E-state index is 5.98. The first-order valence-corrected chi connectivity index (χ1v) is 8.22. The molecule has 0 amide bonds. The second-order valence-corrected chi connectivity index (χ2v) is 6.95. The molecule has 0 bridgehead atoms. The number of nitrogens with one attached hydrogen (secondary N) is 1. The van der Waals surface area contributed by atoms with Crippen molar-refractivity contribution in [2.45, 2.75) is 39.8 Å². The fraction of sp³-hybridized carbons (Fsp3) is 0.533. The molecule has 0 aliphatic heterocycles. The molecule has 1 N–H and O–H groups in total. The summed E-state index contributed by atoms with van der Waals surface area (Å²) in [5.41, 5.74) is 0.967. The second kappa shape index (κ2) is 6.74. The third-order valence-corrected chi connectivity index (χ3v) is 4.55. The Kier molecular flexibility index (Phi) is 5.24. The quantitative estimate of drug-likeness (QED) is 0.852. The van der Waals surface area contributed by atoms with Crippen molar-refractivity contribution in [2.75, 3.05) is 18.4 Å². The highest BCUT2D eigenvalue weighted by Gasteiger charge is 2.12. The van der Waals surface area contributed by atoms with Gasteiger partial charge in [0.1, 0.15) is 0 Å². The summed E-state index contributed by atoms with van der Waals surface area (Å²) in [6.45, 7) is 10.9. The number of fused-ring (bicyclic) bond motifs is 1. The lowest BCUT2D eigenvalue weighted by Gasteiger charge is -2.30. The van der Waals surface area contributed by atoms with E-state index >= 15 is 0 Å². The van der Waals surface area contributed by atoms with Crippen LogP contribution in [0.3, 0.4) is 0 Å². The van der Waals surface area contributed by atoms with Gasteiger partial charge in [0.2, 0.25) is 0 Å². The maximum Gasteiger partial charge on any atom is 0.183 e. The van der Waals surface area contributed by atoms with Gasteiger partial charge in [0.25, 0.3) is 0 Å². The Bertz CT molecular complexity index is 557. The summed E-state index contributed by atoms with van der Waals surface area (Å²) >= 11 is 7.66. The summed E-state index contributed by atoms with van der Waals surface area (Å²) in [5, 5.41) is 5.12. The van der Waals surface area contributed by atoms with Gasteiger partial charge in [-0.15, -0.1) is 0 Å². The lowest BCUT2D eigenvalue weighted by molar-refractivity contribution is 0.182. The molecule has 0 unspecified atom stereocenters. The van der Waals surface area contributed by atoms with Crippen LogP contribution in [-0.4, -0.2) is 35.1 Å². The summed E-state index contributed by atoms with van der Waals surface area (Å²) in [5.74, 6) is 0. The van der Waals surface area contributed by atoms with E-state index in [4.69, 9.17) is 11.6 Å². The van der Waals surface area contributed by atoms with Crippen LogP contribution in [0.1, 0.15) is 27.7 Å². The summed E-state index contributed by atoms with van der Waals surface area (Å²) in [4.78, 5) is 7.03. The zero-order valence-corrected chi connectivity index (χ0v) is 14.1. The Morgan fingerprint density at radius 1 is 1.25 bits per heavy atom. The van der Waals surface area contributed by atoms with Gasteiger partial charge >= 0.3 is 0 Å². The number of hydrogen-bond acceptors (Lipinski definition) is 4. The molecular weight excluding hydrogens is 290 g/mol. The molecule has 0 atom stereocenters. The second-order valence-electron chi connectivity index (χ2n) is 5.48. The minimum Gasteiger partial charge on any atom is -0.360 e. The van der Waals surface area contributed by atoms with Crippen molar-refractivity contribution in [3.8, 4) is 0 Å². The zero-order valence-electron chi connectivity index (χ0n) is 12.5. The molecule has 0 spiro atoms. The van der Waals surface area contributed by atoms with Gasteiger partial charge < -0.3 is 5.32 Å². The first-order chi connectivity index (χ1) is 9.47. The fourth-order valence-corrected chi connectivity index (χ4v) is 3.42. The van der Waals surface area contributed by atoms with E-state index in [-0.39, 0.29) is 0 Å². The molecule has 1 aromatic heterocycles. The lowest BCUT2D eigenvalue weighted by atomic mass is 10.2. The van der Waals surface area contributed by atoms with Crippen LogP contribution in [0, 0.1) is 0 Å². The highest BCUT2D eigenvalue weighted by molar-refractivity contribution is 7.22. The Morgan fingerprint density at radius 2 is 1.95 bits per heavy atom. The fourth-order valence-electron chi connectivity index (χ4n) is 2.38. The van der Waals surface area contributed by atoms with Crippen LogP contribution < -0.4 is 5.32 Å². The molecule has 3 nitrogen and oxygen atoms in total. The molecule has 110 valence electrons. The molecule has 5 heteroatoms. The minimum absolute atomic E-state index is 0.561. The van der Waals surface area contributed by atoms with Crippen LogP contribution >= 0.6 is 22.9 Å². The summed E-state index contributed by atoms with van der Waals surface area (Å²) < 4.78 is 1.17. The molecule has 0 radical (unpaired) electrons. The number of anilines is 1. The van der Waals surface area contributed by atoms with E-state index in [0.29, 0.717) is 12.1 Å². The first-order valence-electron chi connectivity index (χ1n) is 7.03. The molecule has 0 saturated carbocycles. The van der Waals surface area contributed by atoms with Crippen molar-refractivity contribution in [2.24, 2.45) is 0 Å². The van der Waals surface area contributed by atoms with Gasteiger partial charge in [-0.25, -0.2) is 4.98 Å². The van der Waals surface area contributed by atoms with E-state index in [1.807, 2.05) is 18.2 Å². The SMILES string of the molecule is CC(C)N(CCNc1nc2cc(Cl)ccc2s1)C(C)C. The molecule has 0 aliphatic carbocycles. The third-order valence-electron chi connectivity index (χ3n) is 3.32. The van der Waals surface area contributed by atoms with Crippen molar-refractivity contribution in [1.29, 1.82) is 0 Å². The van der Waals surface area contributed by atoms with Crippen LogP contribution in [0.15, 0.2) is 18.2 Å². The molecule has 20 heavy (non-hydrogen) atoms. The van der Waals surface area contributed by atoms with Gasteiger partial charge in [-0.1, -0.05) is 22.9 Å². The smallest absolute Gasteiger partial charge is 0.183 e. The molecule has 0 fully saturated rings. The summed E-state index contributed by atoms with van der Waals surface area (Å²) in [6.07, 6.45) is 0. The van der Waals surface area contributed by atoms with Gasteiger partial charge in [-0.05, 0) is 45.9 Å². The van der Waals surface area contributed by atoms with Gasteiger partial charge in [0.05, 0.1) is 10.2 Å². The normalized spacial score (nSPS) is 12.0. The lowest BCUT2D eigenvalue weighted by Crippen LogP contribution is -2.40. The van der Waals surface area contributed by atoms with E-state index in [2.05, 4.69) is 42.9 Å².